The zero-order valence-electron chi connectivity index (χ0n) is 22.5. The molecular formula is C35H24FNO5. The number of carbonyl (C=O) groups excluding carboxylic acids is 4. The summed E-state index contributed by atoms with van der Waals surface area (Å²) in [4.78, 5) is 57.2. The van der Waals surface area contributed by atoms with E-state index in [1.54, 1.807) is 48.5 Å². The minimum absolute atomic E-state index is 0.290. The number of benzene rings is 4. The summed E-state index contributed by atoms with van der Waals surface area (Å²) < 4.78 is 19.3. The van der Waals surface area contributed by atoms with Crippen molar-refractivity contribution in [2.24, 2.45) is 5.41 Å². The van der Waals surface area contributed by atoms with Crippen molar-refractivity contribution in [2.45, 2.75) is 24.9 Å². The summed E-state index contributed by atoms with van der Waals surface area (Å²) in [5, 5.41) is 0. The van der Waals surface area contributed by atoms with E-state index >= 15 is 0 Å². The van der Waals surface area contributed by atoms with Crippen LogP contribution in [0.25, 0.3) is 6.08 Å². The summed E-state index contributed by atoms with van der Waals surface area (Å²) >= 11 is 0. The van der Waals surface area contributed by atoms with Gasteiger partial charge in [-0.1, -0.05) is 66.7 Å². The van der Waals surface area contributed by atoms with E-state index in [1.807, 2.05) is 41.3 Å². The Kier molecular flexibility index (Phi) is 5.80. The largest absolute Gasteiger partial charge is 0.427 e. The number of esters is 1. The molecule has 3 atom stereocenters. The number of ketones is 3. The number of anilines is 1. The van der Waals surface area contributed by atoms with Gasteiger partial charge in [0.25, 0.3) is 0 Å². The van der Waals surface area contributed by atoms with Gasteiger partial charge in [0.1, 0.15) is 23.0 Å². The van der Waals surface area contributed by atoms with E-state index in [2.05, 4.69) is 0 Å². The van der Waals surface area contributed by atoms with Crippen LogP contribution in [0.5, 0.6) is 5.75 Å². The Morgan fingerprint density at radius 1 is 0.810 bits per heavy atom. The molecule has 1 fully saturated rings. The Hall–Kier alpha value is -5.17. The van der Waals surface area contributed by atoms with Gasteiger partial charge < -0.3 is 9.64 Å². The molecule has 0 N–H and O–H groups in total. The summed E-state index contributed by atoms with van der Waals surface area (Å²) in [6.45, 7) is 1.29. The second-order valence-corrected chi connectivity index (χ2v) is 10.8. The number of halogens is 1. The van der Waals surface area contributed by atoms with Crippen molar-refractivity contribution in [1.29, 1.82) is 0 Å². The van der Waals surface area contributed by atoms with Crippen molar-refractivity contribution in [3.63, 3.8) is 0 Å². The van der Waals surface area contributed by atoms with Gasteiger partial charge in [-0.15, -0.1) is 0 Å². The first-order chi connectivity index (χ1) is 20.3. The Morgan fingerprint density at radius 2 is 1.43 bits per heavy atom. The molecule has 3 aliphatic rings. The van der Waals surface area contributed by atoms with Gasteiger partial charge in [0.15, 0.2) is 17.3 Å². The van der Waals surface area contributed by atoms with Crippen LogP contribution in [0, 0.1) is 11.2 Å². The first-order valence-electron chi connectivity index (χ1n) is 13.6. The SMILES string of the molecule is CC(=O)Oc1ccc(C(=O)[C@@H]2[C@H](c3ccc(F)cc3)C3(C(=O)c4ccccc4C3=O)[C@@H]3C=Cc4ccccc4N23)cc1. The number of nitrogens with zero attached hydrogens (tertiary/aromatic N) is 1. The van der Waals surface area contributed by atoms with Crippen molar-refractivity contribution < 1.29 is 28.3 Å². The third-order valence-corrected chi connectivity index (χ3v) is 8.61. The molecule has 0 unspecified atom stereocenters. The highest BCUT2D eigenvalue weighted by atomic mass is 19.1. The summed E-state index contributed by atoms with van der Waals surface area (Å²) in [6.07, 6.45) is 3.74. The normalized spacial score (nSPS) is 21.2. The number of para-hydroxylation sites is 1. The molecular weight excluding hydrogens is 533 g/mol. The maximum atomic E-state index is 14.7. The lowest BCUT2D eigenvalue weighted by atomic mass is 9.64. The molecule has 4 aromatic carbocycles. The number of carbonyl (C=O) groups is 4. The topological polar surface area (TPSA) is 80.8 Å². The van der Waals surface area contributed by atoms with Crippen molar-refractivity contribution in [3.05, 3.63) is 137 Å². The molecule has 0 saturated carbocycles. The van der Waals surface area contributed by atoms with Crippen LogP contribution in [0.4, 0.5) is 10.1 Å². The van der Waals surface area contributed by atoms with Crippen LogP contribution in [0.3, 0.4) is 0 Å². The number of hydrogen-bond acceptors (Lipinski definition) is 6. The summed E-state index contributed by atoms with van der Waals surface area (Å²) in [5.41, 5.74) is 1.38. The highest BCUT2D eigenvalue weighted by Gasteiger charge is 2.71. The van der Waals surface area contributed by atoms with Crippen molar-refractivity contribution in [2.75, 3.05) is 4.90 Å². The van der Waals surface area contributed by atoms with Crippen LogP contribution in [0.15, 0.2) is 103 Å². The fraction of sp³-hybridized carbons (Fsp3) is 0.143. The molecule has 6 nitrogen and oxygen atoms in total. The third kappa shape index (κ3) is 3.56. The Bertz CT molecular complexity index is 1790. The molecule has 0 amide bonds. The maximum absolute atomic E-state index is 14.7. The maximum Gasteiger partial charge on any atom is 0.308 e. The second-order valence-electron chi connectivity index (χ2n) is 10.8. The van der Waals surface area contributed by atoms with Gasteiger partial charge in [0.05, 0.1) is 6.04 Å². The van der Waals surface area contributed by atoms with Crippen LogP contribution in [-0.4, -0.2) is 35.4 Å². The zero-order valence-corrected chi connectivity index (χ0v) is 22.5. The highest BCUT2D eigenvalue weighted by Crippen LogP contribution is 2.60. The fourth-order valence-electron chi connectivity index (χ4n) is 6.98. The number of rotatable bonds is 4. The van der Waals surface area contributed by atoms with E-state index in [4.69, 9.17) is 4.74 Å². The predicted octanol–water partition coefficient (Wildman–Crippen LogP) is 6.07. The molecule has 7 rings (SSSR count). The van der Waals surface area contributed by atoms with Gasteiger partial charge in [-0.25, -0.2) is 4.39 Å². The third-order valence-electron chi connectivity index (χ3n) is 8.61. The molecule has 0 radical (unpaired) electrons. The minimum Gasteiger partial charge on any atom is -0.427 e. The Morgan fingerprint density at radius 3 is 2.07 bits per heavy atom. The van der Waals surface area contributed by atoms with Gasteiger partial charge in [0, 0.05) is 35.2 Å². The molecule has 2 aliphatic heterocycles. The first-order valence-corrected chi connectivity index (χ1v) is 13.6. The van der Waals surface area contributed by atoms with Gasteiger partial charge in [0.2, 0.25) is 0 Å². The number of ether oxygens (including phenoxy) is 1. The first kappa shape index (κ1) is 25.8. The van der Waals surface area contributed by atoms with E-state index in [0.717, 1.165) is 11.3 Å². The summed E-state index contributed by atoms with van der Waals surface area (Å²) in [5.74, 6) is -2.62. The fourth-order valence-corrected chi connectivity index (χ4v) is 6.98. The summed E-state index contributed by atoms with van der Waals surface area (Å²) in [6, 6.07) is 24.4. The van der Waals surface area contributed by atoms with Crippen molar-refractivity contribution in [3.8, 4) is 5.75 Å². The molecule has 206 valence electrons. The second kappa shape index (κ2) is 9.45. The average Bonchev–Trinajstić information content (AvgIpc) is 3.43. The predicted molar refractivity (Wildman–Crippen MR) is 154 cm³/mol. The smallest absolute Gasteiger partial charge is 0.308 e. The quantitative estimate of drug-likeness (QED) is 0.131. The van der Waals surface area contributed by atoms with Crippen LogP contribution in [0.1, 0.15) is 55.0 Å². The molecule has 2 heterocycles. The van der Waals surface area contributed by atoms with E-state index in [1.165, 1.54) is 31.2 Å². The molecule has 0 aromatic heterocycles. The highest BCUT2D eigenvalue weighted by molar-refractivity contribution is 6.32. The summed E-state index contributed by atoms with van der Waals surface area (Å²) in [7, 11) is 0. The van der Waals surface area contributed by atoms with Crippen molar-refractivity contribution >= 4 is 35.1 Å². The number of hydrogen-bond donors (Lipinski definition) is 0. The lowest BCUT2D eigenvalue weighted by molar-refractivity contribution is -0.131. The molecule has 1 aliphatic carbocycles. The van der Waals surface area contributed by atoms with Gasteiger partial charge in [-0.3, -0.25) is 19.2 Å². The zero-order chi connectivity index (χ0) is 29.2. The van der Waals surface area contributed by atoms with Crippen LogP contribution in [-0.2, 0) is 4.79 Å². The Labute approximate surface area is 241 Å². The monoisotopic (exact) mass is 557 g/mol. The standard InChI is InChI=1S/C35H24FNO5/c1-20(38)42-25-17-12-23(13-18-25)32(39)31-30(22-10-15-24(36)16-11-22)35(33(40)26-7-3-4-8-27(26)34(35)41)29-19-14-21-6-2-5-9-28(21)37(29)31/h2-19,29-31H,1H3/t29-,30-,31-/m0/s1. The lowest BCUT2D eigenvalue weighted by Gasteiger charge is -2.37. The van der Waals surface area contributed by atoms with Gasteiger partial charge in [-0.05, 0) is 53.6 Å². The molecule has 7 heteroatoms. The molecule has 1 saturated heterocycles. The van der Waals surface area contributed by atoms with E-state index in [9.17, 15) is 23.6 Å². The van der Waals surface area contributed by atoms with Crippen molar-refractivity contribution in [1.82, 2.24) is 0 Å². The van der Waals surface area contributed by atoms with Crippen LogP contribution >= 0.6 is 0 Å². The average molecular weight is 558 g/mol. The van der Waals surface area contributed by atoms with Crippen LogP contribution < -0.4 is 9.64 Å². The van der Waals surface area contributed by atoms with E-state index in [-0.39, 0.29) is 23.1 Å². The number of Topliss-reactive ketones (excluding diaryl/α,β-unsaturated/α-hetero) is 3. The van der Waals surface area contributed by atoms with E-state index < -0.39 is 35.2 Å². The van der Waals surface area contributed by atoms with Crippen LogP contribution in [0.2, 0.25) is 0 Å². The molecule has 42 heavy (non-hydrogen) atoms. The minimum atomic E-state index is -1.66. The Balaban J connectivity index is 1.48. The number of fused-ring (bicyclic) bond motifs is 5. The lowest BCUT2D eigenvalue weighted by Crippen LogP contribution is -2.48. The van der Waals surface area contributed by atoms with Gasteiger partial charge >= 0.3 is 5.97 Å². The van der Waals surface area contributed by atoms with E-state index in [0.29, 0.717) is 22.3 Å². The molecule has 1 spiro atoms. The van der Waals surface area contributed by atoms with Gasteiger partial charge in [-0.2, -0.15) is 0 Å². The molecule has 4 aromatic rings. The molecule has 0 bridgehead atoms.